The van der Waals surface area contributed by atoms with Crippen LogP contribution in [0.2, 0.25) is 0 Å². The molecule has 0 saturated heterocycles. The Bertz CT molecular complexity index is 421. The Labute approximate surface area is 121 Å². The first-order chi connectivity index (χ1) is 9.61. The summed E-state index contributed by atoms with van der Waals surface area (Å²) in [7, 11) is 0. The number of unbranched alkanes of at least 4 members (excludes halogenated alkanes) is 1. The van der Waals surface area contributed by atoms with Crippen LogP contribution in [0.15, 0.2) is 24.3 Å². The summed E-state index contributed by atoms with van der Waals surface area (Å²) in [5.74, 6) is 1.01. The number of rotatable bonds is 6. The molecular formula is C16H26N2O2. The minimum atomic E-state index is -0.714. The van der Waals surface area contributed by atoms with Gasteiger partial charge in [-0.2, -0.15) is 0 Å². The molecule has 1 aliphatic heterocycles. The van der Waals surface area contributed by atoms with E-state index >= 15 is 0 Å². The summed E-state index contributed by atoms with van der Waals surface area (Å²) < 4.78 is 5.76. The van der Waals surface area contributed by atoms with Crippen LogP contribution in [-0.2, 0) is 6.54 Å². The third-order valence-electron chi connectivity index (χ3n) is 3.91. The van der Waals surface area contributed by atoms with E-state index in [1.54, 1.807) is 0 Å². The molecule has 0 radical (unpaired) electrons. The van der Waals surface area contributed by atoms with Crippen LogP contribution in [0.5, 0.6) is 5.75 Å². The van der Waals surface area contributed by atoms with E-state index in [-0.39, 0.29) is 0 Å². The predicted octanol–water partition coefficient (Wildman–Crippen LogP) is 1.76. The number of ether oxygens (including phenoxy) is 1. The molecule has 0 aromatic heterocycles. The van der Waals surface area contributed by atoms with Gasteiger partial charge in [0, 0.05) is 25.2 Å². The van der Waals surface area contributed by atoms with E-state index in [0.29, 0.717) is 6.54 Å². The van der Waals surface area contributed by atoms with Gasteiger partial charge in [-0.25, -0.2) is 0 Å². The molecule has 1 atom stereocenters. The molecule has 2 rings (SSSR count). The largest absolute Gasteiger partial charge is 0.492 e. The first-order valence-electron chi connectivity index (χ1n) is 7.46. The molecule has 0 bridgehead atoms. The normalized spacial score (nSPS) is 18.8. The number of para-hydroxylation sites is 1. The van der Waals surface area contributed by atoms with Gasteiger partial charge in [0.15, 0.2) is 0 Å². The lowest BCUT2D eigenvalue weighted by atomic mass is 9.99. The summed E-state index contributed by atoms with van der Waals surface area (Å²) in [6, 6.07) is 8.25. The highest BCUT2D eigenvalue weighted by molar-refractivity contribution is 5.33. The maximum absolute atomic E-state index is 9.88. The van der Waals surface area contributed by atoms with Crippen molar-refractivity contribution >= 4 is 0 Å². The van der Waals surface area contributed by atoms with Crippen LogP contribution >= 0.6 is 0 Å². The first-order valence-corrected chi connectivity index (χ1v) is 7.46. The highest BCUT2D eigenvalue weighted by Gasteiger charge is 2.18. The SMILES string of the molecule is CC(O)(CN)CCCCN1CCOc2ccccc2C1. The van der Waals surface area contributed by atoms with E-state index < -0.39 is 5.60 Å². The predicted molar refractivity (Wildman–Crippen MR) is 80.7 cm³/mol. The maximum atomic E-state index is 9.88. The maximum Gasteiger partial charge on any atom is 0.123 e. The molecule has 0 saturated carbocycles. The number of hydrogen-bond donors (Lipinski definition) is 2. The van der Waals surface area contributed by atoms with E-state index in [1.807, 2.05) is 19.1 Å². The smallest absolute Gasteiger partial charge is 0.123 e. The summed E-state index contributed by atoms with van der Waals surface area (Å²) in [4.78, 5) is 2.42. The number of aliphatic hydroxyl groups is 1. The number of hydrogen-bond acceptors (Lipinski definition) is 4. The molecule has 4 nitrogen and oxygen atoms in total. The Morgan fingerprint density at radius 1 is 1.35 bits per heavy atom. The van der Waals surface area contributed by atoms with Crippen molar-refractivity contribution in [2.24, 2.45) is 5.73 Å². The lowest BCUT2D eigenvalue weighted by Crippen LogP contribution is -2.34. The summed E-state index contributed by atoms with van der Waals surface area (Å²) in [5.41, 5.74) is 6.08. The van der Waals surface area contributed by atoms with Gasteiger partial charge in [-0.15, -0.1) is 0 Å². The van der Waals surface area contributed by atoms with Crippen LogP contribution in [-0.4, -0.2) is 41.8 Å². The van der Waals surface area contributed by atoms with Crippen LogP contribution in [0.4, 0.5) is 0 Å². The second-order valence-corrected chi connectivity index (χ2v) is 5.89. The average molecular weight is 278 g/mol. The van der Waals surface area contributed by atoms with Crippen LogP contribution in [0.25, 0.3) is 0 Å². The molecule has 0 fully saturated rings. The van der Waals surface area contributed by atoms with Crippen molar-refractivity contribution in [2.75, 3.05) is 26.2 Å². The molecular weight excluding hydrogens is 252 g/mol. The molecule has 1 heterocycles. The zero-order chi connectivity index (χ0) is 14.4. The fourth-order valence-corrected chi connectivity index (χ4v) is 2.51. The first kappa shape index (κ1) is 15.3. The summed E-state index contributed by atoms with van der Waals surface area (Å²) in [5, 5.41) is 9.88. The minimum absolute atomic E-state index is 0.331. The lowest BCUT2D eigenvalue weighted by Gasteiger charge is -2.22. The van der Waals surface area contributed by atoms with E-state index in [1.165, 1.54) is 5.56 Å². The molecule has 4 heteroatoms. The minimum Gasteiger partial charge on any atom is -0.492 e. The van der Waals surface area contributed by atoms with E-state index in [0.717, 1.165) is 51.3 Å². The topological polar surface area (TPSA) is 58.7 Å². The van der Waals surface area contributed by atoms with Gasteiger partial charge in [0.05, 0.1) is 5.60 Å². The van der Waals surface area contributed by atoms with Crippen molar-refractivity contribution in [3.05, 3.63) is 29.8 Å². The molecule has 1 aromatic carbocycles. The molecule has 3 N–H and O–H groups in total. The van der Waals surface area contributed by atoms with Crippen molar-refractivity contribution in [3.63, 3.8) is 0 Å². The molecule has 0 aliphatic carbocycles. The van der Waals surface area contributed by atoms with Gasteiger partial charge in [-0.3, -0.25) is 4.90 Å². The zero-order valence-corrected chi connectivity index (χ0v) is 12.3. The van der Waals surface area contributed by atoms with Gasteiger partial charge in [0.1, 0.15) is 12.4 Å². The second kappa shape index (κ2) is 7.07. The van der Waals surface area contributed by atoms with E-state index in [9.17, 15) is 5.11 Å². The summed E-state index contributed by atoms with van der Waals surface area (Å²) >= 11 is 0. The van der Waals surface area contributed by atoms with Crippen molar-refractivity contribution in [2.45, 2.75) is 38.3 Å². The van der Waals surface area contributed by atoms with Gasteiger partial charge in [-0.1, -0.05) is 18.2 Å². The third-order valence-corrected chi connectivity index (χ3v) is 3.91. The van der Waals surface area contributed by atoms with Crippen LogP contribution in [0.3, 0.4) is 0 Å². The van der Waals surface area contributed by atoms with Gasteiger partial charge in [0.25, 0.3) is 0 Å². The Morgan fingerprint density at radius 2 is 2.15 bits per heavy atom. The van der Waals surface area contributed by atoms with E-state index in [2.05, 4.69) is 17.0 Å². The monoisotopic (exact) mass is 278 g/mol. The van der Waals surface area contributed by atoms with Crippen molar-refractivity contribution in [1.29, 1.82) is 0 Å². The molecule has 1 aliphatic rings. The third kappa shape index (κ3) is 4.47. The number of fused-ring (bicyclic) bond motifs is 1. The van der Waals surface area contributed by atoms with Crippen LogP contribution < -0.4 is 10.5 Å². The van der Waals surface area contributed by atoms with E-state index in [4.69, 9.17) is 10.5 Å². The molecule has 20 heavy (non-hydrogen) atoms. The van der Waals surface area contributed by atoms with Gasteiger partial charge in [0.2, 0.25) is 0 Å². The fourth-order valence-electron chi connectivity index (χ4n) is 2.51. The zero-order valence-electron chi connectivity index (χ0n) is 12.3. The Hall–Kier alpha value is -1.10. The molecule has 1 aromatic rings. The van der Waals surface area contributed by atoms with Crippen LogP contribution in [0, 0.1) is 0 Å². The highest BCUT2D eigenvalue weighted by Crippen LogP contribution is 2.22. The van der Waals surface area contributed by atoms with Crippen LogP contribution in [0.1, 0.15) is 31.7 Å². The second-order valence-electron chi connectivity index (χ2n) is 5.89. The van der Waals surface area contributed by atoms with Gasteiger partial charge in [-0.05, 0) is 38.8 Å². The molecule has 0 spiro atoms. The molecule has 0 amide bonds. The number of nitrogens with zero attached hydrogens (tertiary/aromatic N) is 1. The van der Waals surface area contributed by atoms with Crippen molar-refractivity contribution in [3.8, 4) is 5.75 Å². The number of benzene rings is 1. The fraction of sp³-hybridized carbons (Fsp3) is 0.625. The Balaban J connectivity index is 1.77. The lowest BCUT2D eigenvalue weighted by molar-refractivity contribution is 0.0562. The molecule has 1 unspecified atom stereocenters. The number of nitrogens with two attached hydrogens (primary N) is 1. The van der Waals surface area contributed by atoms with Crippen molar-refractivity contribution in [1.82, 2.24) is 4.90 Å². The average Bonchev–Trinajstić information content (AvgIpc) is 2.65. The Morgan fingerprint density at radius 3 is 2.95 bits per heavy atom. The van der Waals surface area contributed by atoms with Gasteiger partial charge < -0.3 is 15.6 Å². The Kier molecular flexibility index (Phi) is 5.40. The highest BCUT2D eigenvalue weighted by atomic mass is 16.5. The quantitative estimate of drug-likeness (QED) is 0.779. The molecule has 112 valence electrons. The van der Waals surface area contributed by atoms with Gasteiger partial charge >= 0.3 is 0 Å². The van der Waals surface area contributed by atoms with Crippen molar-refractivity contribution < 1.29 is 9.84 Å². The summed E-state index contributed by atoms with van der Waals surface area (Å²) in [6.45, 7) is 5.84. The summed E-state index contributed by atoms with van der Waals surface area (Å²) in [6.07, 6.45) is 2.85. The standard InChI is InChI=1S/C16H26N2O2/c1-16(19,13-17)8-4-5-9-18-10-11-20-15-7-3-2-6-14(15)12-18/h2-3,6-7,19H,4-5,8-13,17H2,1H3.